The quantitative estimate of drug-likeness (QED) is 0.730. The molecule has 29 heavy (non-hydrogen) atoms. The minimum absolute atomic E-state index is 0.0525. The van der Waals surface area contributed by atoms with Crippen molar-refractivity contribution in [3.8, 4) is 0 Å². The number of aliphatic hydroxyl groups is 1. The van der Waals surface area contributed by atoms with E-state index in [-0.39, 0.29) is 23.1 Å². The van der Waals surface area contributed by atoms with E-state index in [1.165, 1.54) is 18.2 Å². The summed E-state index contributed by atoms with van der Waals surface area (Å²) in [6.45, 7) is 3.97. The third-order valence-corrected chi connectivity index (χ3v) is 4.99. The van der Waals surface area contributed by atoms with Gasteiger partial charge in [-0.2, -0.15) is 0 Å². The molecule has 3 heterocycles. The van der Waals surface area contributed by atoms with Crippen LogP contribution in [0.15, 0.2) is 53.1 Å². The number of pyridine rings is 1. The number of benzene rings is 1. The molecule has 8 heteroatoms. The SMILES string of the molecule is Cc1oc(C(O)c2ccccc2F)nc1C(=O)N1CCN(c2ccccn2)CC1. The van der Waals surface area contributed by atoms with Gasteiger partial charge in [0.25, 0.3) is 5.91 Å². The van der Waals surface area contributed by atoms with Crippen molar-refractivity contribution in [1.82, 2.24) is 14.9 Å². The van der Waals surface area contributed by atoms with Crippen molar-refractivity contribution in [2.75, 3.05) is 31.1 Å². The van der Waals surface area contributed by atoms with E-state index in [1.54, 1.807) is 24.1 Å². The summed E-state index contributed by atoms with van der Waals surface area (Å²) in [4.78, 5) is 25.3. The fourth-order valence-corrected chi connectivity index (χ4v) is 3.39. The van der Waals surface area contributed by atoms with E-state index in [0.717, 1.165) is 5.82 Å². The Bertz CT molecular complexity index is 1000. The van der Waals surface area contributed by atoms with Gasteiger partial charge in [0.1, 0.15) is 17.4 Å². The topological polar surface area (TPSA) is 82.7 Å². The van der Waals surface area contributed by atoms with E-state index in [4.69, 9.17) is 4.42 Å². The van der Waals surface area contributed by atoms with Crippen molar-refractivity contribution in [2.24, 2.45) is 0 Å². The fraction of sp³-hybridized carbons (Fsp3) is 0.286. The summed E-state index contributed by atoms with van der Waals surface area (Å²) in [6, 6.07) is 11.6. The van der Waals surface area contributed by atoms with Gasteiger partial charge in [-0.25, -0.2) is 14.4 Å². The average molecular weight is 396 g/mol. The Labute approximate surface area is 167 Å². The molecule has 1 N–H and O–H groups in total. The number of hydrogen-bond acceptors (Lipinski definition) is 6. The number of halogens is 1. The standard InChI is InChI=1S/C21H21FN4O3/c1-14-18(24-20(29-14)19(27)15-6-2-3-7-16(15)22)21(28)26-12-10-25(11-13-26)17-8-4-5-9-23-17/h2-9,19,27H,10-13H2,1H3. The number of piperazine rings is 1. The van der Waals surface area contributed by atoms with Crippen LogP contribution in [0.3, 0.4) is 0 Å². The maximum atomic E-state index is 13.9. The van der Waals surface area contributed by atoms with Crippen LogP contribution in [0, 0.1) is 12.7 Å². The largest absolute Gasteiger partial charge is 0.442 e. The Kier molecular flexibility index (Phi) is 5.26. The molecule has 0 spiro atoms. The van der Waals surface area contributed by atoms with E-state index in [9.17, 15) is 14.3 Å². The molecular formula is C21H21FN4O3. The highest BCUT2D eigenvalue weighted by Gasteiger charge is 2.29. The number of nitrogens with zero attached hydrogens (tertiary/aromatic N) is 4. The number of amides is 1. The van der Waals surface area contributed by atoms with Crippen molar-refractivity contribution in [1.29, 1.82) is 0 Å². The molecule has 1 fully saturated rings. The van der Waals surface area contributed by atoms with Crippen molar-refractivity contribution >= 4 is 11.7 Å². The summed E-state index contributed by atoms with van der Waals surface area (Å²) in [5.41, 5.74) is 0.193. The van der Waals surface area contributed by atoms with Gasteiger partial charge >= 0.3 is 0 Å². The van der Waals surface area contributed by atoms with Crippen molar-refractivity contribution in [3.63, 3.8) is 0 Å². The van der Waals surface area contributed by atoms with Crippen LogP contribution in [-0.4, -0.2) is 52.1 Å². The molecule has 1 amide bonds. The molecule has 0 aliphatic carbocycles. The van der Waals surface area contributed by atoms with Crippen LogP contribution in [0.2, 0.25) is 0 Å². The summed E-state index contributed by atoms with van der Waals surface area (Å²) < 4.78 is 19.4. The summed E-state index contributed by atoms with van der Waals surface area (Å²) in [7, 11) is 0. The van der Waals surface area contributed by atoms with Gasteiger partial charge in [-0.15, -0.1) is 0 Å². The monoisotopic (exact) mass is 396 g/mol. The number of aromatic nitrogens is 2. The number of carbonyl (C=O) groups excluding carboxylic acids is 1. The first-order valence-corrected chi connectivity index (χ1v) is 9.39. The number of oxazole rings is 1. The molecule has 150 valence electrons. The van der Waals surface area contributed by atoms with Crippen LogP contribution in [0.4, 0.5) is 10.2 Å². The Morgan fingerprint density at radius 1 is 1.14 bits per heavy atom. The summed E-state index contributed by atoms with van der Waals surface area (Å²) in [6.07, 6.45) is 0.367. The first-order chi connectivity index (χ1) is 14.0. The second-order valence-electron chi connectivity index (χ2n) is 6.85. The molecule has 0 bridgehead atoms. The van der Waals surface area contributed by atoms with Gasteiger partial charge in [-0.1, -0.05) is 24.3 Å². The van der Waals surface area contributed by atoms with Crippen LogP contribution in [0.5, 0.6) is 0 Å². The second-order valence-corrected chi connectivity index (χ2v) is 6.85. The van der Waals surface area contributed by atoms with Crippen molar-refractivity contribution in [3.05, 3.63) is 77.4 Å². The van der Waals surface area contributed by atoms with Gasteiger partial charge in [-0.3, -0.25) is 4.79 Å². The molecular weight excluding hydrogens is 375 g/mol. The highest BCUT2D eigenvalue weighted by molar-refractivity contribution is 5.93. The number of anilines is 1. The molecule has 2 aromatic heterocycles. The van der Waals surface area contributed by atoms with Crippen LogP contribution in [0.1, 0.15) is 33.8 Å². The van der Waals surface area contributed by atoms with Gasteiger partial charge in [0, 0.05) is 37.9 Å². The zero-order valence-corrected chi connectivity index (χ0v) is 16.0. The third kappa shape index (κ3) is 3.84. The predicted octanol–water partition coefficient (Wildman–Crippen LogP) is 2.56. The van der Waals surface area contributed by atoms with Crippen LogP contribution >= 0.6 is 0 Å². The van der Waals surface area contributed by atoms with Gasteiger partial charge < -0.3 is 19.3 Å². The van der Waals surface area contributed by atoms with Gasteiger partial charge in [0.05, 0.1) is 0 Å². The lowest BCUT2D eigenvalue weighted by Crippen LogP contribution is -2.49. The van der Waals surface area contributed by atoms with Crippen molar-refractivity contribution < 1.29 is 18.7 Å². The smallest absolute Gasteiger partial charge is 0.276 e. The minimum atomic E-state index is -1.38. The maximum Gasteiger partial charge on any atom is 0.276 e. The summed E-state index contributed by atoms with van der Waals surface area (Å²) in [5, 5.41) is 10.4. The highest BCUT2D eigenvalue weighted by Crippen LogP contribution is 2.26. The second kappa shape index (κ2) is 8.00. The van der Waals surface area contributed by atoms with Gasteiger partial charge in [0.15, 0.2) is 11.8 Å². The van der Waals surface area contributed by atoms with E-state index in [1.807, 2.05) is 18.2 Å². The number of aliphatic hydroxyl groups excluding tert-OH is 1. The molecule has 1 atom stereocenters. The number of carbonyl (C=O) groups is 1. The molecule has 7 nitrogen and oxygen atoms in total. The molecule has 0 radical (unpaired) electrons. The molecule has 1 aliphatic rings. The normalized spacial score (nSPS) is 15.4. The average Bonchev–Trinajstić information content (AvgIpc) is 3.15. The highest BCUT2D eigenvalue weighted by atomic mass is 19.1. The van der Waals surface area contributed by atoms with Crippen LogP contribution in [-0.2, 0) is 0 Å². The van der Waals surface area contributed by atoms with Crippen LogP contribution in [0.25, 0.3) is 0 Å². The number of aryl methyl sites for hydroxylation is 1. The van der Waals surface area contributed by atoms with Gasteiger partial charge in [-0.05, 0) is 25.1 Å². The zero-order valence-electron chi connectivity index (χ0n) is 16.0. The molecule has 1 aliphatic heterocycles. The summed E-state index contributed by atoms with van der Waals surface area (Å²) >= 11 is 0. The molecule has 4 rings (SSSR count). The lowest BCUT2D eigenvalue weighted by molar-refractivity contribution is 0.0739. The van der Waals surface area contributed by atoms with Crippen LogP contribution < -0.4 is 4.90 Å². The number of rotatable bonds is 4. The minimum Gasteiger partial charge on any atom is -0.442 e. The summed E-state index contributed by atoms with van der Waals surface area (Å²) in [5.74, 6) is 0.261. The Morgan fingerprint density at radius 3 is 2.55 bits per heavy atom. The Hall–Kier alpha value is -3.26. The van der Waals surface area contributed by atoms with E-state index < -0.39 is 11.9 Å². The third-order valence-electron chi connectivity index (χ3n) is 4.99. The molecule has 1 unspecified atom stereocenters. The number of hydrogen-bond donors (Lipinski definition) is 1. The van der Waals surface area contributed by atoms with E-state index in [2.05, 4.69) is 14.9 Å². The maximum absolute atomic E-state index is 13.9. The predicted molar refractivity (Wildman–Crippen MR) is 104 cm³/mol. The van der Waals surface area contributed by atoms with E-state index in [0.29, 0.717) is 31.9 Å². The lowest BCUT2D eigenvalue weighted by atomic mass is 10.1. The first kappa shape index (κ1) is 19.1. The van der Waals surface area contributed by atoms with E-state index >= 15 is 0 Å². The Morgan fingerprint density at radius 2 is 1.86 bits per heavy atom. The zero-order chi connectivity index (χ0) is 20.4. The fourth-order valence-electron chi connectivity index (χ4n) is 3.39. The van der Waals surface area contributed by atoms with Crippen molar-refractivity contribution in [2.45, 2.75) is 13.0 Å². The van der Waals surface area contributed by atoms with Gasteiger partial charge in [0.2, 0.25) is 5.89 Å². The molecule has 1 saturated heterocycles. The molecule has 1 aromatic carbocycles. The molecule has 3 aromatic rings. The lowest BCUT2D eigenvalue weighted by Gasteiger charge is -2.35. The first-order valence-electron chi connectivity index (χ1n) is 9.39. The Balaban J connectivity index is 1.47. The molecule has 0 saturated carbocycles.